The number of rotatable bonds is 4. The number of aromatic nitrogens is 2. The van der Waals surface area contributed by atoms with E-state index >= 15 is 0 Å². The van der Waals surface area contributed by atoms with Crippen LogP contribution < -0.4 is 10.2 Å². The van der Waals surface area contributed by atoms with Crippen LogP contribution >= 0.6 is 0 Å². The van der Waals surface area contributed by atoms with Gasteiger partial charge in [-0.25, -0.2) is 4.98 Å². The number of para-hydroxylation sites is 1. The molecular weight excluding hydrogens is 317 g/mol. The van der Waals surface area contributed by atoms with Crippen molar-refractivity contribution < 1.29 is 13.2 Å². The Balaban J connectivity index is 1.94. The van der Waals surface area contributed by atoms with E-state index in [0.29, 0.717) is 5.52 Å². The van der Waals surface area contributed by atoms with Crippen LogP contribution in [-0.2, 0) is 6.18 Å². The van der Waals surface area contributed by atoms with Crippen molar-refractivity contribution in [3.8, 4) is 0 Å². The van der Waals surface area contributed by atoms with E-state index in [1.54, 1.807) is 6.07 Å². The third kappa shape index (κ3) is 3.15. The molecular formula is C17H17F3N4. The molecule has 1 heterocycles. The molecule has 126 valence electrons. The fraction of sp³-hybridized carbons (Fsp3) is 0.235. The standard InChI is InChI=1S/C17H17F3N4/c1-3-24(2)11-8-9-14-15(10-11)23-16(22-14)21-13-7-5-4-6-12(13)17(18,19)20/h4-10H,3H2,1-2H3,(H2,21,22,23). The quantitative estimate of drug-likeness (QED) is 0.721. The van der Waals surface area contributed by atoms with Gasteiger partial charge in [-0.15, -0.1) is 0 Å². The van der Waals surface area contributed by atoms with E-state index < -0.39 is 11.7 Å². The maximum atomic E-state index is 13.1. The fourth-order valence-corrected chi connectivity index (χ4v) is 2.44. The summed E-state index contributed by atoms with van der Waals surface area (Å²) in [5.41, 5.74) is 1.71. The lowest BCUT2D eigenvalue weighted by Crippen LogP contribution is -2.15. The highest BCUT2D eigenvalue weighted by Crippen LogP contribution is 2.35. The maximum absolute atomic E-state index is 13.1. The SMILES string of the molecule is CCN(C)c1ccc2nc(Nc3ccccc3C(F)(F)F)[nH]c2c1. The number of H-pyrrole nitrogens is 1. The van der Waals surface area contributed by atoms with Crippen molar-refractivity contribution in [2.75, 3.05) is 23.8 Å². The minimum atomic E-state index is -4.42. The normalized spacial score (nSPS) is 11.7. The number of halogens is 3. The molecule has 0 aliphatic heterocycles. The number of fused-ring (bicyclic) bond motifs is 1. The number of aromatic amines is 1. The Morgan fingerprint density at radius 1 is 1.17 bits per heavy atom. The zero-order chi connectivity index (χ0) is 17.3. The summed E-state index contributed by atoms with van der Waals surface area (Å²) in [7, 11) is 1.97. The highest BCUT2D eigenvalue weighted by atomic mass is 19.4. The van der Waals surface area contributed by atoms with Gasteiger partial charge in [-0.2, -0.15) is 13.2 Å². The first kappa shape index (κ1) is 16.2. The minimum Gasteiger partial charge on any atom is -0.375 e. The Kier molecular flexibility index (Phi) is 4.09. The first-order valence-corrected chi connectivity index (χ1v) is 7.52. The Hall–Kier alpha value is -2.70. The Bertz CT molecular complexity index is 854. The number of imidazole rings is 1. The number of anilines is 3. The number of alkyl halides is 3. The van der Waals surface area contributed by atoms with Crippen molar-refractivity contribution in [3.05, 3.63) is 48.0 Å². The van der Waals surface area contributed by atoms with E-state index in [2.05, 4.69) is 20.2 Å². The number of nitrogens with one attached hydrogen (secondary N) is 2. The topological polar surface area (TPSA) is 44.0 Å². The van der Waals surface area contributed by atoms with Crippen molar-refractivity contribution in [2.45, 2.75) is 13.1 Å². The van der Waals surface area contributed by atoms with Crippen molar-refractivity contribution in [2.24, 2.45) is 0 Å². The summed E-state index contributed by atoms with van der Waals surface area (Å²) in [6.45, 7) is 2.89. The number of hydrogen-bond acceptors (Lipinski definition) is 3. The van der Waals surface area contributed by atoms with Crippen LogP contribution in [0.3, 0.4) is 0 Å². The summed E-state index contributed by atoms with van der Waals surface area (Å²) in [4.78, 5) is 9.39. The molecule has 4 nitrogen and oxygen atoms in total. The molecule has 0 aliphatic carbocycles. The molecule has 24 heavy (non-hydrogen) atoms. The Morgan fingerprint density at radius 3 is 2.62 bits per heavy atom. The van der Waals surface area contributed by atoms with Crippen molar-refractivity contribution in [1.82, 2.24) is 9.97 Å². The van der Waals surface area contributed by atoms with Crippen LogP contribution in [0.2, 0.25) is 0 Å². The molecule has 0 aliphatic rings. The predicted molar refractivity (Wildman–Crippen MR) is 89.8 cm³/mol. The van der Waals surface area contributed by atoms with Gasteiger partial charge in [-0.1, -0.05) is 12.1 Å². The first-order valence-electron chi connectivity index (χ1n) is 7.52. The van der Waals surface area contributed by atoms with Crippen LogP contribution in [-0.4, -0.2) is 23.6 Å². The van der Waals surface area contributed by atoms with E-state index in [1.807, 2.05) is 32.2 Å². The van der Waals surface area contributed by atoms with E-state index in [1.165, 1.54) is 12.1 Å². The van der Waals surface area contributed by atoms with Gasteiger partial charge in [-0.3, -0.25) is 0 Å². The van der Waals surface area contributed by atoms with E-state index in [4.69, 9.17) is 0 Å². The predicted octanol–water partition coefficient (Wildman–Crippen LogP) is 4.78. The summed E-state index contributed by atoms with van der Waals surface area (Å²) < 4.78 is 39.2. The van der Waals surface area contributed by atoms with Gasteiger partial charge < -0.3 is 15.2 Å². The van der Waals surface area contributed by atoms with Gasteiger partial charge in [0.05, 0.1) is 22.3 Å². The molecule has 0 fully saturated rings. The van der Waals surface area contributed by atoms with Gasteiger partial charge in [0.25, 0.3) is 0 Å². The van der Waals surface area contributed by atoms with Crippen molar-refractivity contribution >= 4 is 28.4 Å². The second-order valence-electron chi connectivity index (χ2n) is 5.47. The minimum absolute atomic E-state index is 0.0324. The smallest absolute Gasteiger partial charge is 0.375 e. The van der Waals surface area contributed by atoms with Gasteiger partial charge in [0.1, 0.15) is 0 Å². The zero-order valence-electron chi connectivity index (χ0n) is 13.3. The molecule has 0 saturated heterocycles. The molecule has 0 amide bonds. The fourth-order valence-electron chi connectivity index (χ4n) is 2.44. The van der Waals surface area contributed by atoms with Gasteiger partial charge >= 0.3 is 6.18 Å². The number of benzene rings is 2. The first-order chi connectivity index (χ1) is 11.4. The van der Waals surface area contributed by atoms with Gasteiger partial charge in [-0.05, 0) is 37.3 Å². The number of hydrogen-bond donors (Lipinski definition) is 2. The second kappa shape index (κ2) is 6.07. The second-order valence-corrected chi connectivity index (χ2v) is 5.47. The Labute approximate surface area is 137 Å². The van der Waals surface area contributed by atoms with Crippen LogP contribution in [0.4, 0.5) is 30.5 Å². The molecule has 2 N–H and O–H groups in total. The van der Waals surface area contributed by atoms with Crippen LogP contribution in [0.15, 0.2) is 42.5 Å². The lowest BCUT2D eigenvalue weighted by molar-refractivity contribution is -0.136. The molecule has 0 radical (unpaired) electrons. The zero-order valence-corrected chi connectivity index (χ0v) is 13.3. The van der Waals surface area contributed by atoms with Crippen LogP contribution in [0, 0.1) is 0 Å². The summed E-state index contributed by atoms with van der Waals surface area (Å²) in [6, 6.07) is 11.0. The molecule has 3 aromatic rings. The summed E-state index contributed by atoms with van der Waals surface area (Å²) in [6.07, 6.45) is -4.42. The van der Waals surface area contributed by atoms with Gasteiger partial charge in [0.2, 0.25) is 5.95 Å². The van der Waals surface area contributed by atoms with Crippen molar-refractivity contribution in [1.29, 1.82) is 0 Å². The van der Waals surface area contributed by atoms with Gasteiger partial charge in [0.15, 0.2) is 0 Å². The average Bonchev–Trinajstić information content (AvgIpc) is 2.94. The van der Waals surface area contributed by atoms with E-state index in [9.17, 15) is 13.2 Å². The Morgan fingerprint density at radius 2 is 1.92 bits per heavy atom. The van der Waals surface area contributed by atoms with E-state index in [0.717, 1.165) is 23.8 Å². The molecule has 7 heteroatoms. The average molecular weight is 334 g/mol. The molecule has 0 saturated carbocycles. The molecule has 1 aromatic heterocycles. The summed E-state index contributed by atoms with van der Waals surface area (Å²) in [5, 5.41) is 2.73. The lowest BCUT2D eigenvalue weighted by Gasteiger charge is -2.16. The highest BCUT2D eigenvalue weighted by molar-refractivity contribution is 5.82. The summed E-state index contributed by atoms with van der Waals surface area (Å²) >= 11 is 0. The molecule has 0 unspecified atom stereocenters. The highest BCUT2D eigenvalue weighted by Gasteiger charge is 2.33. The van der Waals surface area contributed by atoms with Crippen molar-refractivity contribution in [3.63, 3.8) is 0 Å². The van der Waals surface area contributed by atoms with Crippen LogP contribution in [0.1, 0.15) is 12.5 Å². The molecule has 0 atom stereocenters. The monoisotopic (exact) mass is 334 g/mol. The number of nitrogens with zero attached hydrogens (tertiary/aromatic N) is 2. The van der Waals surface area contributed by atoms with Gasteiger partial charge in [0, 0.05) is 19.3 Å². The molecule has 0 bridgehead atoms. The van der Waals surface area contributed by atoms with Crippen LogP contribution in [0.25, 0.3) is 11.0 Å². The maximum Gasteiger partial charge on any atom is 0.418 e. The summed E-state index contributed by atoms with van der Waals surface area (Å²) in [5.74, 6) is 0.276. The van der Waals surface area contributed by atoms with Crippen LogP contribution in [0.5, 0.6) is 0 Å². The van der Waals surface area contributed by atoms with E-state index in [-0.39, 0.29) is 11.6 Å². The molecule has 3 rings (SSSR count). The molecule has 0 spiro atoms. The third-order valence-electron chi connectivity index (χ3n) is 3.87. The lowest BCUT2D eigenvalue weighted by atomic mass is 10.1. The third-order valence-corrected chi connectivity index (χ3v) is 3.87. The largest absolute Gasteiger partial charge is 0.418 e. The molecule has 2 aromatic carbocycles.